The van der Waals surface area contributed by atoms with Gasteiger partial charge < -0.3 is 21.1 Å². The highest BCUT2D eigenvalue weighted by molar-refractivity contribution is 7.89. The largest absolute Gasteiger partial charge is 0.390 e. The van der Waals surface area contributed by atoms with Crippen molar-refractivity contribution in [3.63, 3.8) is 0 Å². The zero-order valence-corrected chi connectivity index (χ0v) is 29.4. The van der Waals surface area contributed by atoms with Crippen LogP contribution in [0.4, 0.5) is 8.78 Å². The molecule has 14 heteroatoms. The lowest BCUT2D eigenvalue weighted by atomic mass is 9.73. The van der Waals surface area contributed by atoms with Crippen LogP contribution in [0.25, 0.3) is 0 Å². The zero-order valence-electron chi connectivity index (χ0n) is 28.5. The Kier molecular flexibility index (Phi) is 15.8. The normalized spacial score (nSPS) is 28.8. The molecule has 0 spiro atoms. The van der Waals surface area contributed by atoms with E-state index in [0.717, 1.165) is 44.9 Å². The van der Waals surface area contributed by atoms with Crippen LogP contribution in [0.3, 0.4) is 0 Å². The van der Waals surface area contributed by atoms with Gasteiger partial charge >= 0.3 is 0 Å². The lowest BCUT2D eigenvalue weighted by Crippen LogP contribution is -2.54. The number of nitrogens with one attached hydrogen (secondary N) is 2. The number of sulfonamides is 1. The van der Waals surface area contributed by atoms with E-state index < -0.39 is 70.0 Å². The lowest BCUT2D eigenvalue weighted by Gasteiger charge is -2.37. The number of primary amides is 1. The fourth-order valence-corrected chi connectivity index (χ4v) is 9.51. The molecular weight excluding hydrogens is 632 g/mol. The highest BCUT2D eigenvalue weighted by Gasteiger charge is 2.41. The Labute approximate surface area is 280 Å². The van der Waals surface area contributed by atoms with Gasteiger partial charge in [-0.1, -0.05) is 33.1 Å². The van der Waals surface area contributed by atoms with Crippen molar-refractivity contribution >= 4 is 27.7 Å². The topological polar surface area (TPSA) is 162 Å². The molecule has 0 aliphatic heterocycles. The Morgan fingerprint density at radius 2 is 1.45 bits per heavy atom. The summed E-state index contributed by atoms with van der Waals surface area (Å²) in [6, 6.07) is -0.949. The fraction of sp³-hybridized carbons (Fsp3) is 0.909. The smallest absolute Gasteiger partial charge is 0.225 e. The average Bonchev–Trinajstić information content (AvgIpc) is 2.99. The first kappa shape index (κ1) is 39.5. The van der Waals surface area contributed by atoms with Gasteiger partial charge in [0.2, 0.25) is 27.7 Å². The van der Waals surface area contributed by atoms with Gasteiger partial charge in [0.15, 0.2) is 0 Å². The highest BCUT2D eigenvalue weighted by Crippen LogP contribution is 2.36. The van der Waals surface area contributed by atoms with Gasteiger partial charge in [0, 0.05) is 50.9 Å². The number of carbonyl (C=O) groups excluding carboxylic acids is 3. The molecule has 3 saturated carbocycles. The van der Waals surface area contributed by atoms with Crippen LogP contribution >= 0.6 is 0 Å². The minimum absolute atomic E-state index is 0.0119. The molecule has 7 unspecified atom stereocenters. The summed E-state index contributed by atoms with van der Waals surface area (Å²) in [5.41, 5.74) is 5.68. The standard InChI is InChI=1S/C33H59F2N5O6S/c1-4-11-40(12-5-2)33(44)26-17-24(31(36)42)16-25(18-26)32(43)37-29(15-23-13-27(34)19-28(35)14-23)30(41)20-39(3)38-47(45,46)21-22-9-7-6-8-10-22/h22-30,38,41H,4-21H2,1-3H3,(H2,36,42)(H,37,43). The molecule has 0 saturated heterocycles. The van der Waals surface area contributed by atoms with Crippen molar-refractivity contribution in [3.05, 3.63) is 0 Å². The molecule has 5 N–H and O–H groups in total. The number of alkyl halides is 2. The van der Waals surface area contributed by atoms with E-state index in [-0.39, 0.29) is 69.1 Å². The van der Waals surface area contributed by atoms with Crippen molar-refractivity contribution in [2.24, 2.45) is 35.3 Å². The van der Waals surface area contributed by atoms with E-state index in [4.69, 9.17) is 5.73 Å². The van der Waals surface area contributed by atoms with E-state index in [9.17, 15) is 36.7 Å². The molecule has 3 aliphatic carbocycles. The number of nitrogens with zero attached hydrogens (tertiary/aromatic N) is 2. The molecule has 3 amide bonds. The molecule has 272 valence electrons. The van der Waals surface area contributed by atoms with Crippen molar-refractivity contribution in [1.29, 1.82) is 0 Å². The van der Waals surface area contributed by atoms with Crippen LogP contribution in [0.15, 0.2) is 0 Å². The van der Waals surface area contributed by atoms with E-state index in [1.807, 2.05) is 13.8 Å². The van der Waals surface area contributed by atoms with Gasteiger partial charge in [-0.3, -0.25) is 14.4 Å². The number of nitrogens with two attached hydrogens (primary N) is 1. The van der Waals surface area contributed by atoms with Crippen molar-refractivity contribution in [3.8, 4) is 0 Å². The SMILES string of the molecule is CCCN(CCC)C(=O)C1CC(C(N)=O)CC(C(=O)NC(CC2CC(F)CC(F)C2)C(O)CN(C)NS(=O)(=O)CC2CCCCC2)C1. The first-order valence-corrected chi connectivity index (χ1v) is 19.4. The number of amides is 3. The molecule has 3 fully saturated rings. The van der Waals surface area contributed by atoms with E-state index >= 15 is 0 Å². The van der Waals surface area contributed by atoms with Gasteiger partial charge in [-0.2, -0.15) is 0 Å². The van der Waals surface area contributed by atoms with Crippen molar-refractivity contribution < 1.29 is 36.7 Å². The minimum Gasteiger partial charge on any atom is -0.390 e. The predicted molar refractivity (Wildman–Crippen MR) is 176 cm³/mol. The Morgan fingerprint density at radius 1 is 0.872 bits per heavy atom. The summed E-state index contributed by atoms with van der Waals surface area (Å²) in [7, 11) is -2.19. The molecule has 11 nitrogen and oxygen atoms in total. The number of aliphatic hydroxyl groups is 1. The summed E-state index contributed by atoms with van der Waals surface area (Å²) in [6.45, 7) is 4.91. The van der Waals surface area contributed by atoms with Crippen molar-refractivity contribution in [2.75, 3.05) is 32.4 Å². The molecule has 0 radical (unpaired) electrons. The first-order valence-electron chi connectivity index (χ1n) is 17.8. The van der Waals surface area contributed by atoms with Crippen LogP contribution in [0, 0.1) is 29.6 Å². The van der Waals surface area contributed by atoms with E-state index in [1.54, 1.807) is 4.90 Å². The maximum atomic E-state index is 14.3. The number of carbonyl (C=O) groups is 3. The average molecular weight is 692 g/mol. The number of aliphatic hydroxyl groups excluding tert-OH is 1. The quantitative estimate of drug-likeness (QED) is 0.170. The molecule has 0 heterocycles. The van der Waals surface area contributed by atoms with Crippen LogP contribution in [-0.4, -0.2) is 98.1 Å². The molecule has 0 aromatic rings. The number of halogens is 2. The Morgan fingerprint density at radius 3 is 2.02 bits per heavy atom. The van der Waals surface area contributed by atoms with E-state index in [2.05, 4.69) is 10.1 Å². The first-order chi connectivity index (χ1) is 22.2. The fourth-order valence-electron chi connectivity index (χ4n) is 7.94. The number of hydrogen-bond donors (Lipinski definition) is 4. The number of likely N-dealkylation sites (N-methyl/N-ethyl adjacent to an activating group) is 1. The maximum absolute atomic E-state index is 14.3. The predicted octanol–water partition coefficient (Wildman–Crippen LogP) is 3.21. The molecule has 3 rings (SSSR count). The second-order valence-electron chi connectivity index (χ2n) is 14.5. The maximum Gasteiger partial charge on any atom is 0.225 e. The Bertz CT molecular complexity index is 1110. The number of hydrogen-bond acceptors (Lipinski definition) is 7. The second kappa shape index (κ2) is 18.7. The summed E-state index contributed by atoms with van der Waals surface area (Å²) >= 11 is 0. The van der Waals surface area contributed by atoms with Crippen molar-refractivity contribution in [2.45, 2.75) is 128 Å². The van der Waals surface area contributed by atoms with Crippen LogP contribution < -0.4 is 15.9 Å². The molecule has 0 aromatic carbocycles. The number of hydrazine groups is 1. The molecule has 7 atom stereocenters. The van der Waals surface area contributed by atoms with Gasteiger partial charge in [-0.25, -0.2) is 22.2 Å². The lowest BCUT2D eigenvalue weighted by molar-refractivity contribution is -0.141. The monoisotopic (exact) mass is 691 g/mol. The van der Waals surface area contributed by atoms with Crippen LogP contribution in [0.5, 0.6) is 0 Å². The van der Waals surface area contributed by atoms with Crippen LogP contribution in [0.2, 0.25) is 0 Å². The van der Waals surface area contributed by atoms with Crippen LogP contribution in [-0.2, 0) is 24.4 Å². The second-order valence-corrected chi connectivity index (χ2v) is 16.2. The zero-order chi connectivity index (χ0) is 34.7. The molecule has 3 aliphatic rings. The van der Waals surface area contributed by atoms with Crippen molar-refractivity contribution in [1.82, 2.24) is 20.1 Å². The van der Waals surface area contributed by atoms with Gasteiger partial charge in [0.1, 0.15) is 12.3 Å². The third-order valence-electron chi connectivity index (χ3n) is 10.1. The molecular formula is C33H59F2N5O6S. The highest BCUT2D eigenvalue weighted by atomic mass is 32.2. The van der Waals surface area contributed by atoms with E-state index in [1.165, 1.54) is 12.1 Å². The summed E-state index contributed by atoms with van der Waals surface area (Å²) in [4.78, 5) is 43.9. The Balaban J connectivity index is 1.74. The molecule has 0 aromatic heterocycles. The minimum atomic E-state index is -3.68. The number of rotatable bonds is 17. The third kappa shape index (κ3) is 12.8. The van der Waals surface area contributed by atoms with Gasteiger partial charge in [0.25, 0.3) is 0 Å². The van der Waals surface area contributed by atoms with Crippen LogP contribution in [0.1, 0.15) is 104 Å². The molecule has 0 bridgehead atoms. The van der Waals surface area contributed by atoms with Gasteiger partial charge in [0.05, 0.1) is 17.9 Å². The van der Waals surface area contributed by atoms with Gasteiger partial charge in [-0.05, 0) is 76.0 Å². The Hall–Kier alpha value is -1.90. The summed E-state index contributed by atoms with van der Waals surface area (Å²) < 4.78 is 54.4. The summed E-state index contributed by atoms with van der Waals surface area (Å²) in [6.07, 6.45) is 3.14. The molecule has 47 heavy (non-hydrogen) atoms. The summed E-state index contributed by atoms with van der Waals surface area (Å²) in [5.74, 6) is -3.53. The van der Waals surface area contributed by atoms with Gasteiger partial charge in [-0.15, -0.1) is 4.83 Å². The third-order valence-corrected chi connectivity index (χ3v) is 11.6. The summed E-state index contributed by atoms with van der Waals surface area (Å²) in [5, 5.41) is 15.5. The van der Waals surface area contributed by atoms with E-state index in [0.29, 0.717) is 13.1 Å².